The van der Waals surface area contributed by atoms with Crippen LogP contribution in [0.2, 0.25) is 0 Å². The number of aromatic carboxylic acids is 1. The van der Waals surface area contributed by atoms with Crippen LogP contribution >= 0.6 is 0 Å². The minimum atomic E-state index is -0.926. The van der Waals surface area contributed by atoms with Crippen molar-refractivity contribution in [3.8, 4) is 0 Å². The molecule has 4 rings (SSSR count). The highest BCUT2D eigenvalue weighted by molar-refractivity contribution is 6.06. The average molecular weight is 360 g/mol. The average Bonchev–Trinajstić information content (AvgIpc) is 2.73. The fourth-order valence-corrected chi connectivity index (χ4v) is 3.84. The number of fused-ring (bicyclic) bond motifs is 1. The van der Waals surface area contributed by atoms with Gasteiger partial charge in [-0.15, -0.1) is 0 Å². The van der Waals surface area contributed by atoms with Crippen molar-refractivity contribution in [2.75, 3.05) is 13.1 Å². The first-order valence-corrected chi connectivity index (χ1v) is 9.09. The number of aromatic nitrogens is 1. The molecular weight excluding hydrogens is 340 g/mol. The van der Waals surface area contributed by atoms with Gasteiger partial charge in [-0.2, -0.15) is 0 Å². The van der Waals surface area contributed by atoms with E-state index in [2.05, 4.69) is 4.98 Å². The number of carboxylic acids is 1. The number of pyridine rings is 1. The predicted octanol–water partition coefficient (Wildman–Crippen LogP) is 3.95. The van der Waals surface area contributed by atoms with Gasteiger partial charge in [0.2, 0.25) is 0 Å². The van der Waals surface area contributed by atoms with Crippen LogP contribution in [0.5, 0.6) is 0 Å². The third kappa shape index (κ3) is 3.40. The Bertz CT molecular complexity index is 1010. The molecule has 27 heavy (non-hydrogen) atoms. The predicted molar refractivity (Wildman–Crippen MR) is 103 cm³/mol. The van der Waals surface area contributed by atoms with E-state index in [9.17, 15) is 14.7 Å². The molecule has 1 N–H and O–H groups in total. The Labute approximate surface area is 157 Å². The van der Waals surface area contributed by atoms with Crippen LogP contribution in [-0.4, -0.2) is 40.0 Å². The maximum absolute atomic E-state index is 13.2. The number of benzene rings is 2. The SMILES string of the molecule is O=C(O)c1cccc(C2CCCN(C(=O)c3cccc4cnccc34)C2)c1. The first-order chi connectivity index (χ1) is 13.1. The largest absolute Gasteiger partial charge is 0.478 e. The van der Waals surface area contributed by atoms with Gasteiger partial charge in [-0.3, -0.25) is 9.78 Å². The van der Waals surface area contributed by atoms with Gasteiger partial charge >= 0.3 is 5.97 Å². The molecule has 0 aliphatic carbocycles. The van der Waals surface area contributed by atoms with E-state index in [1.165, 1.54) is 0 Å². The summed E-state index contributed by atoms with van der Waals surface area (Å²) < 4.78 is 0. The van der Waals surface area contributed by atoms with E-state index in [1.54, 1.807) is 30.6 Å². The lowest BCUT2D eigenvalue weighted by molar-refractivity contribution is 0.0688. The highest BCUT2D eigenvalue weighted by Crippen LogP contribution is 2.29. The molecule has 5 nitrogen and oxygen atoms in total. The van der Waals surface area contributed by atoms with Crippen LogP contribution in [0.25, 0.3) is 10.8 Å². The number of hydrogen-bond donors (Lipinski definition) is 1. The summed E-state index contributed by atoms with van der Waals surface area (Å²) in [6.07, 6.45) is 5.32. The van der Waals surface area contributed by atoms with E-state index in [0.717, 1.165) is 35.7 Å². The molecule has 1 aliphatic heterocycles. The molecule has 1 saturated heterocycles. The van der Waals surface area contributed by atoms with E-state index in [4.69, 9.17) is 0 Å². The van der Waals surface area contributed by atoms with E-state index in [-0.39, 0.29) is 17.4 Å². The minimum absolute atomic E-state index is 0.0193. The molecule has 1 unspecified atom stereocenters. The van der Waals surface area contributed by atoms with Gasteiger partial charge in [-0.25, -0.2) is 4.79 Å². The van der Waals surface area contributed by atoms with Gasteiger partial charge in [-0.1, -0.05) is 24.3 Å². The Morgan fingerprint density at radius 1 is 1.11 bits per heavy atom. The molecule has 2 aromatic carbocycles. The van der Waals surface area contributed by atoms with Gasteiger partial charge in [0, 0.05) is 42.4 Å². The second-order valence-corrected chi connectivity index (χ2v) is 6.92. The van der Waals surface area contributed by atoms with E-state index in [1.807, 2.05) is 35.2 Å². The maximum atomic E-state index is 13.2. The normalized spacial score (nSPS) is 17.0. The summed E-state index contributed by atoms with van der Waals surface area (Å²) in [7, 11) is 0. The summed E-state index contributed by atoms with van der Waals surface area (Å²) in [4.78, 5) is 30.4. The molecule has 1 fully saturated rings. The molecule has 2 heterocycles. The number of nitrogens with zero attached hydrogens (tertiary/aromatic N) is 2. The summed E-state index contributed by atoms with van der Waals surface area (Å²) in [6.45, 7) is 1.32. The zero-order chi connectivity index (χ0) is 18.8. The number of rotatable bonds is 3. The van der Waals surface area contributed by atoms with Crippen molar-refractivity contribution in [2.45, 2.75) is 18.8 Å². The Kier molecular flexibility index (Phi) is 4.59. The molecule has 0 bridgehead atoms. The van der Waals surface area contributed by atoms with Crippen LogP contribution in [0, 0.1) is 0 Å². The molecule has 5 heteroatoms. The number of carbonyl (C=O) groups excluding carboxylic acids is 1. The zero-order valence-corrected chi connectivity index (χ0v) is 14.8. The van der Waals surface area contributed by atoms with Crippen molar-refractivity contribution in [1.82, 2.24) is 9.88 Å². The summed E-state index contributed by atoms with van der Waals surface area (Å²) >= 11 is 0. The molecule has 3 aromatic rings. The van der Waals surface area contributed by atoms with Crippen LogP contribution < -0.4 is 0 Å². The molecule has 0 radical (unpaired) electrons. The lowest BCUT2D eigenvalue weighted by Gasteiger charge is -2.33. The fraction of sp³-hybridized carbons (Fsp3) is 0.227. The fourth-order valence-electron chi connectivity index (χ4n) is 3.84. The zero-order valence-electron chi connectivity index (χ0n) is 14.8. The monoisotopic (exact) mass is 360 g/mol. The van der Waals surface area contributed by atoms with E-state index in [0.29, 0.717) is 12.1 Å². The van der Waals surface area contributed by atoms with Crippen molar-refractivity contribution < 1.29 is 14.7 Å². The van der Waals surface area contributed by atoms with Crippen LogP contribution in [-0.2, 0) is 0 Å². The van der Waals surface area contributed by atoms with Gasteiger partial charge in [0.25, 0.3) is 5.91 Å². The number of hydrogen-bond acceptors (Lipinski definition) is 3. The van der Waals surface area contributed by atoms with Crippen molar-refractivity contribution >= 4 is 22.6 Å². The summed E-state index contributed by atoms with van der Waals surface area (Å²) in [6, 6.07) is 14.6. The standard InChI is InChI=1S/C22H20N2O3/c25-21(20-8-2-6-17-13-23-10-9-19(17)20)24-11-3-7-18(14-24)15-4-1-5-16(12-15)22(26)27/h1-2,4-6,8-10,12-13,18H,3,7,11,14H2,(H,26,27). The first-order valence-electron chi connectivity index (χ1n) is 9.09. The van der Waals surface area contributed by atoms with E-state index < -0.39 is 5.97 Å². The number of amides is 1. The van der Waals surface area contributed by atoms with Crippen molar-refractivity contribution in [3.05, 3.63) is 77.6 Å². The van der Waals surface area contributed by atoms with Crippen LogP contribution in [0.3, 0.4) is 0 Å². The van der Waals surface area contributed by atoms with Crippen LogP contribution in [0.15, 0.2) is 60.9 Å². The van der Waals surface area contributed by atoms with Crippen molar-refractivity contribution in [1.29, 1.82) is 0 Å². The number of carbonyl (C=O) groups is 2. The minimum Gasteiger partial charge on any atom is -0.478 e. The first kappa shape index (κ1) is 17.2. The second kappa shape index (κ2) is 7.19. The van der Waals surface area contributed by atoms with Gasteiger partial charge in [0.1, 0.15) is 0 Å². The quantitative estimate of drug-likeness (QED) is 0.768. The Balaban J connectivity index is 1.60. The number of piperidine rings is 1. The number of carboxylic acid groups (broad SMARTS) is 1. The summed E-state index contributed by atoms with van der Waals surface area (Å²) in [5.74, 6) is -0.755. The van der Waals surface area contributed by atoms with E-state index >= 15 is 0 Å². The van der Waals surface area contributed by atoms with Gasteiger partial charge in [-0.05, 0) is 48.1 Å². The van der Waals surface area contributed by atoms with Crippen LogP contribution in [0.4, 0.5) is 0 Å². The Hall–Kier alpha value is -3.21. The third-order valence-corrected chi connectivity index (χ3v) is 5.22. The van der Waals surface area contributed by atoms with Crippen molar-refractivity contribution in [3.63, 3.8) is 0 Å². The van der Waals surface area contributed by atoms with Gasteiger partial charge in [0.15, 0.2) is 0 Å². The van der Waals surface area contributed by atoms with Gasteiger partial charge < -0.3 is 10.0 Å². The van der Waals surface area contributed by atoms with Crippen LogP contribution in [0.1, 0.15) is 45.0 Å². The topological polar surface area (TPSA) is 70.5 Å². The molecule has 1 amide bonds. The Morgan fingerprint density at radius 2 is 1.96 bits per heavy atom. The summed E-state index contributed by atoms with van der Waals surface area (Å²) in [5, 5.41) is 11.1. The molecular formula is C22H20N2O3. The highest BCUT2D eigenvalue weighted by Gasteiger charge is 2.26. The Morgan fingerprint density at radius 3 is 2.81 bits per heavy atom. The number of likely N-dealkylation sites (tertiary alicyclic amines) is 1. The summed E-state index contributed by atoms with van der Waals surface area (Å²) in [5.41, 5.74) is 1.96. The highest BCUT2D eigenvalue weighted by atomic mass is 16.4. The molecule has 136 valence electrons. The molecule has 0 saturated carbocycles. The molecule has 1 atom stereocenters. The lowest BCUT2D eigenvalue weighted by atomic mass is 9.89. The molecule has 0 spiro atoms. The van der Waals surface area contributed by atoms with Gasteiger partial charge in [0.05, 0.1) is 5.56 Å². The third-order valence-electron chi connectivity index (χ3n) is 5.22. The van der Waals surface area contributed by atoms with Crippen molar-refractivity contribution in [2.24, 2.45) is 0 Å². The smallest absolute Gasteiger partial charge is 0.335 e. The maximum Gasteiger partial charge on any atom is 0.335 e. The second-order valence-electron chi connectivity index (χ2n) is 6.92. The molecule has 1 aliphatic rings. The lowest BCUT2D eigenvalue weighted by Crippen LogP contribution is -2.39. The molecule has 1 aromatic heterocycles.